The molecule has 0 saturated heterocycles. The van der Waals surface area contributed by atoms with Crippen molar-refractivity contribution in [1.29, 1.82) is 0 Å². The summed E-state index contributed by atoms with van der Waals surface area (Å²) in [7, 11) is 1.62. The lowest BCUT2D eigenvalue weighted by atomic mass is 10.2. The quantitative estimate of drug-likeness (QED) is 0.716. The Morgan fingerprint density at radius 3 is 2.74 bits per heavy atom. The molecular formula is C16H16N4O3. The van der Waals surface area contributed by atoms with Gasteiger partial charge in [-0.2, -0.15) is 0 Å². The van der Waals surface area contributed by atoms with Gasteiger partial charge in [0.2, 0.25) is 0 Å². The van der Waals surface area contributed by atoms with Crippen LogP contribution in [0.4, 0.5) is 5.69 Å². The van der Waals surface area contributed by atoms with Gasteiger partial charge in [-0.15, -0.1) is 4.73 Å². The molecule has 3 rings (SSSR count). The highest BCUT2D eigenvalue weighted by Gasteiger charge is 2.10. The van der Waals surface area contributed by atoms with Gasteiger partial charge in [-0.25, -0.2) is 9.97 Å². The van der Waals surface area contributed by atoms with Crippen LogP contribution in [-0.2, 0) is 6.54 Å². The first-order chi connectivity index (χ1) is 11.1. The molecule has 0 saturated carbocycles. The van der Waals surface area contributed by atoms with Crippen LogP contribution < -0.4 is 15.6 Å². The number of fused-ring (bicyclic) bond motifs is 1. The van der Waals surface area contributed by atoms with E-state index in [1.807, 2.05) is 24.3 Å². The molecule has 0 atom stereocenters. The van der Waals surface area contributed by atoms with Crippen LogP contribution in [0.5, 0.6) is 5.75 Å². The van der Waals surface area contributed by atoms with E-state index in [1.54, 1.807) is 20.2 Å². The van der Waals surface area contributed by atoms with Gasteiger partial charge >= 0.3 is 0 Å². The third-order valence-electron chi connectivity index (χ3n) is 3.50. The number of ether oxygens (including phenoxy) is 1. The summed E-state index contributed by atoms with van der Waals surface area (Å²) in [6.45, 7) is 2.21. The minimum Gasteiger partial charge on any atom is -0.497 e. The molecule has 3 aromatic rings. The second-order valence-electron chi connectivity index (χ2n) is 5.06. The van der Waals surface area contributed by atoms with Crippen LogP contribution in [0.2, 0.25) is 0 Å². The minimum atomic E-state index is -0.548. The smallest absolute Gasteiger partial charge is 0.286 e. The summed E-state index contributed by atoms with van der Waals surface area (Å²) >= 11 is 0. The fourth-order valence-electron chi connectivity index (χ4n) is 2.26. The largest absolute Gasteiger partial charge is 0.497 e. The van der Waals surface area contributed by atoms with Crippen LogP contribution in [0, 0.1) is 6.92 Å². The number of hydrogen-bond donors (Lipinski definition) is 2. The highest BCUT2D eigenvalue weighted by atomic mass is 16.5. The third-order valence-corrected chi connectivity index (χ3v) is 3.50. The standard InChI is InChI=1S/C16H16N4O3/c1-10-17-9-13-14(7-15(21)20(22)16(13)19-10)18-8-11-3-5-12(23-2)6-4-11/h3-7,9,18,22H,8H2,1-2H3. The molecule has 7 nitrogen and oxygen atoms in total. The monoisotopic (exact) mass is 312 g/mol. The van der Waals surface area contributed by atoms with Crippen molar-refractivity contribution in [2.45, 2.75) is 13.5 Å². The molecular weight excluding hydrogens is 296 g/mol. The lowest BCUT2D eigenvalue weighted by Gasteiger charge is -2.11. The van der Waals surface area contributed by atoms with Crippen LogP contribution in [0.15, 0.2) is 41.3 Å². The summed E-state index contributed by atoms with van der Waals surface area (Å²) in [6, 6.07) is 8.93. The number of aromatic nitrogens is 3. The fourth-order valence-corrected chi connectivity index (χ4v) is 2.26. The zero-order chi connectivity index (χ0) is 16.4. The van der Waals surface area contributed by atoms with Gasteiger partial charge in [0.05, 0.1) is 18.2 Å². The molecule has 0 aliphatic carbocycles. The maximum absolute atomic E-state index is 11.9. The Hall–Kier alpha value is -3.09. The number of benzene rings is 1. The zero-order valence-corrected chi connectivity index (χ0v) is 12.8. The summed E-state index contributed by atoms with van der Waals surface area (Å²) in [6.07, 6.45) is 1.58. The van der Waals surface area contributed by atoms with E-state index in [9.17, 15) is 10.0 Å². The van der Waals surface area contributed by atoms with E-state index in [2.05, 4.69) is 15.3 Å². The highest BCUT2D eigenvalue weighted by molar-refractivity contribution is 5.88. The van der Waals surface area contributed by atoms with E-state index in [4.69, 9.17) is 4.74 Å². The molecule has 0 radical (unpaired) electrons. The average Bonchev–Trinajstić information content (AvgIpc) is 2.57. The van der Waals surface area contributed by atoms with Crippen molar-refractivity contribution in [2.24, 2.45) is 0 Å². The molecule has 1 aromatic carbocycles. The average molecular weight is 312 g/mol. The molecule has 0 fully saturated rings. The topological polar surface area (TPSA) is 89.3 Å². The molecule has 0 amide bonds. The van der Waals surface area contributed by atoms with E-state index < -0.39 is 5.56 Å². The number of pyridine rings is 1. The number of anilines is 1. The van der Waals surface area contributed by atoms with Crippen molar-refractivity contribution in [3.05, 3.63) is 58.3 Å². The van der Waals surface area contributed by atoms with Crippen LogP contribution in [0.25, 0.3) is 11.0 Å². The summed E-state index contributed by atoms with van der Waals surface area (Å²) in [4.78, 5) is 20.1. The van der Waals surface area contributed by atoms with E-state index in [-0.39, 0.29) is 5.65 Å². The Labute approximate surface area is 132 Å². The number of aryl methyl sites for hydroxylation is 1. The summed E-state index contributed by atoms with van der Waals surface area (Å²) in [5, 5.41) is 13.6. The van der Waals surface area contributed by atoms with E-state index in [0.717, 1.165) is 11.3 Å². The molecule has 23 heavy (non-hydrogen) atoms. The number of nitrogens with zero attached hydrogens (tertiary/aromatic N) is 3. The molecule has 2 N–H and O–H groups in total. The van der Waals surface area contributed by atoms with Gasteiger partial charge < -0.3 is 15.3 Å². The van der Waals surface area contributed by atoms with Gasteiger partial charge in [0.15, 0.2) is 5.65 Å². The van der Waals surface area contributed by atoms with Gasteiger partial charge in [0.25, 0.3) is 5.56 Å². The number of rotatable bonds is 4. The highest BCUT2D eigenvalue weighted by Crippen LogP contribution is 2.20. The maximum atomic E-state index is 11.9. The lowest BCUT2D eigenvalue weighted by molar-refractivity contribution is 0.186. The molecule has 0 aliphatic heterocycles. The van der Waals surface area contributed by atoms with Crippen LogP contribution in [0.1, 0.15) is 11.4 Å². The molecule has 2 aromatic heterocycles. The predicted molar refractivity (Wildman–Crippen MR) is 86.0 cm³/mol. The van der Waals surface area contributed by atoms with Crippen molar-refractivity contribution in [2.75, 3.05) is 12.4 Å². The van der Waals surface area contributed by atoms with Crippen molar-refractivity contribution in [3.8, 4) is 5.75 Å². The van der Waals surface area contributed by atoms with Crippen molar-refractivity contribution in [1.82, 2.24) is 14.7 Å². The molecule has 0 bridgehead atoms. The van der Waals surface area contributed by atoms with Crippen LogP contribution in [0.3, 0.4) is 0 Å². The maximum Gasteiger partial charge on any atom is 0.286 e. The van der Waals surface area contributed by atoms with Gasteiger partial charge in [-0.05, 0) is 24.6 Å². The van der Waals surface area contributed by atoms with E-state index in [1.165, 1.54) is 6.07 Å². The Bertz CT molecular complexity index is 904. The summed E-state index contributed by atoms with van der Waals surface area (Å²) < 4.78 is 5.65. The number of nitrogens with one attached hydrogen (secondary N) is 1. The Kier molecular flexibility index (Phi) is 3.84. The molecule has 0 spiro atoms. The first kappa shape index (κ1) is 14.8. The number of hydrogen-bond acceptors (Lipinski definition) is 6. The van der Waals surface area contributed by atoms with Crippen LogP contribution >= 0.6 is 0 Å². The summed E-state index contributed by atoms with van der Waals surface area (Å²) in [5.74, 6) is 1.26. The first-order valence-electron chi connectivity index (χ1n) is 7.04. The van der Waals surface area contributed by atoms with Gasteiger partial charge in [-0.1, -0.05) is 12.1 Å². The number of methoxy groups -OCH3 is 1. The van der Waals surface area contributed by atoms with Crippen LogP contribution in [-0.4, -0.2) is 27.0 Å². The molecule has 2 heterocycles. The van der Waals surface area contributed by atoms with Crippen molar-refractivity contribution in [3.63, 3.8) is 0 Å². The van der Waals surface area contributed by atoms with Crippen molar-refractivity contribution >= 4 is 16.7 Å². The molecule has 0 aliphatic rings. The second-order valence-corrected chi connectivity index (χ2v) is 5.06. The van der Waals surface area contributed by atoms with E-state index >= 15 is 0 Å². The van der Waals surface area contributed by atoms with E-state index in [0.29, 0.717) is 28.2 Å². The lowest BCUT2D eigenvalue weighted by Crippen LogP contribution is -2.19. The molecule has 0 unspecified atom stereocenters. The minimum absolute atomic E-state index is 0.183. The Morgan fingerprint density at radius 1 is 1.30 bits per heavy atom. The SMILES string of the molecule is COc1ccc(CNc2cc(=O)n(O)c3nc(C)ncc23)cc1. The Balaban J connectivity index is 1.93. The van der Waals surface area contributed by atoms with Gasteiger partial charge in [-0.3, -0.25) is 4.79 Å². The Morgan fingerprint density at radius 2 is 2.04 bits per heavy atom. The fraction of sp³-hybridized carbons (Fsp3) is 0.188. The third kappa shape index (κ3) is 2.94. The first-order valence-corrected chi connectivity index (χ1v) is 7.04. The van der Waals surface area contributed by atoms with Gasteiger partial charge in [0.1, 0.15) is 11.6 Å². The molecule has 7 heteroatoms. The second kappa shape index (κ2) is 5.96. The van der Waals surface area contributed by atoms with Gasteiger partial charge in [0, 0.05) is 18.8 Å². The normalized spacial score (nSPS) is 10.7. The zero-order valence-electron chi connectivity index (χ0n) is 12.8. The predicted octanol–water partition coefficient (Wildman–Crippen LogP) is 1.96. The van der Waals surface area contributed by atoms with Crippen molar-refractivity contribution < 1.29 is 9.94 Å². The summed E-state index contributed by atoms with van der Waals surface area (Å²) in [5.41, 5.74) is 1.24. The molecule has 118 valence electrons.